The van der Waals surface area contributed by atoms with Gasteiger partial charge in [-0.1, -0.05) is 13.8 Å². The second kappa shape index (κ2) is 6.06. The van der Waals surface area contributed by atoms with Crippen molar-refractivity contribution in [2.45, 2.75) is 37.6 Å². The molecule has 116 valence electrons. The minimum Gasteiger partial charge on any atom is -0.478 e. The monoisotopic (exact) mass is 375 g/mol. The minimum absolute atomic E-state index is 0.0580. The van der Waals surface area contributed by atoms with Gasteiger partial charge in [0.15, 0.2) is 0 Å². The van der Waals surface area contributed by atoms with E-state index in [4.69, 9.17) is 5.11 Å². The maximum atomic E-state index is 12.8. The van der Waals surface area contributed by atoms with Crippen LogP contribution in [0.15, 0.2) is 27.6 Å². The Hall–Kier alpha value is -0.920. The summed E-state index contributed by atoms with van der Waals surface area (Å²) in [7, 11) is -3.61. The number of benzene rings is 1. The van der Waals surface area contributed by atoms with Gasteiger partial charge < -0.3 is 5.11 Å². The first kappa shape index (κ1) is 16.5. The predicted molar refractivity (Wildman–Crippen MR) is 82.9 cm³/mol. The molecule has 0 bridgehead atoms. The summed E-state index contributed by atoms with van der Waals surface area (Å²) in [5.41, 5.74) is 0.0580. The van der Waals surface area contributed by atoms with E-state index in [0.717, 1.165) is 12.8 Å². The number of sulfonamides is 1. The third kappa shape index (κ3) is 3.64. The molecule has 1 aliphatic rings. The molecule has 0 heterocycles. The zero-order chi connectivity index (χ0) is 15.8. The lowest BCUT2D eigenvalue weighted by Crippen LogP contribution is -2.36. The summed E-state index contributed by atoms with van der Waals surface area (Å²) >= 11 is 3.19. The van der Waals surface area contributed by atoms with Gasteiger partial charge in [-0.15, -0.1) is 0 Å². The van der Waals surface area contributed by atoms with Crippen LogP contribution >= 0.6 is 15.9 Å². The Balaban J connectivity index is 2.40. The molecule has 21 heavy (non-hydrogen) atoms. The van der Waals surface area contributed by atoms with Crippen molar-refractivity contribution in [3.05, 3.63) is 28.2 Å². The highest BCUT2D eigenvalue weighted by molar-refractivity contribution is 9.10. The predicted octanol–water partition coefficient (Wildman–Crippen LogP) is 2.96. The fourth-order valence-corrected chi connectivity index (χ4v) is 5.02. The zero-order valence-electron chi connectivity index (χ0n) is 11.9. The van der Waals surface area contributed by atoms with Gasteiger partial charge >= 0.3 is 5.97 Å². The summed E-state index contributed by atoms with van der Waals surface area (Å²) in [4.78, 5) is 11.1. The number of carboxylic acid groups (broad SMARTS) is 1. The summed E-state index contributed by atoms with van der Waals surface area (Å²) in [6.07, 6.45) is 1.77. The highest BCUT2D eigenvalue weighted by Gasteiger charge is 2.39. The number of hydrogen-bond acceptors (Lipinski definition) is 3. The van der Waals surface area contributed by atoms with Crippen LogP contribution in [0.5, 0.6) is 0 Å². The standard InChI is InChI=1S/C14H18BrNO4S/c1-9(2)8-16(11-4-5-11)21(19,20)13-6-3-10(14(17)18)7-12(13)15/h3,6-7,9,11H,4-5,8H2,1-2H3,(H,17,18). The average Bonchev–Trinajstić information content (AvgIpc) is 3.19. The summed E-state index contributed by atoms with van der Waals surface area (Å²) in [5, 5.41) is 8.95. The van der Waals surface area contributed by atoms with E-state index in [1.54, 1.807) is 0 Å². The molecule has 1 saturated carbocycles. The van der Waals surface area contributed by atoms with E-state index < -0.39 is 16.0 Å². The summed E-state index contributed by atoms with van der Waals surface area (Å²) in [6, 6.07) is 4.08. The van der Waals surface area contributed by atoms with Crippen LogP contribution in [0.25, 0.3) is 0 Å². The first-order chi connectivity index (χ1) is 9.73. The summed E-state index contributed by atoms with van der Waals surface area (Å²) < 4.78 is 27.4. The molecule has 0 radical (unpaired) electrons. The van der Waals surface area contributed by atoms with Gasteiger partial charge in [0.2, 0.25) is 10.0 Å². The molecular formula is C14H18BrNO4S. The molecule has 0 aliphatic heterocycles. The van der Waals surface area contributed by atoms with Gasteiger partial charge in [-0.3, -0.25) is 0 Å². The number of carbonyl (C=O) groups is 1. The lowest BCUT2D eigenvalue weighted by molar-refractivity contribution is 0.0696. The third-order valence-corrected chi connectivity index (χ3v) is 6.16. The average molecular weight is 376 g/mol. The molecule has 0 unspecified atom stereocenters. The van der Waals surface area contributed by atoms with Crippen molar-refractivity contribution in [2.24, 2.45) is 5.92 Å². The molecule has 1 aromatic rings. The topological polar surface area (TPSA) is 74.7 Å². The van der Waals surface area contributed by atoms with E-state index in [2.05, 4.69) is 15.9 Å². The van der Waals surface area contributed by atoms with Crippen molar-refractivity contribution in [3.8, 4) is 0 Å². The fourth-order valence-electron chi connectivity index (χ4n) is 2.14. The van der Waals surface area contributed by atoms with E-state index in [1.807, 2.05) is 13.8 Å². The van der Waals surface area contributed by atoms with Crippen LogP contribution in [-0.4, -0.2) is 36.4 Å². The van der Waals surface area contributed by atoms with Crippen molar-refractivity contribution < 1.29 is 18.3 Å². The number of rotatable bonds is 6. The molecule has 1 aromatic carbocycles. The smallest absolute Gasteiger partial charge is 0.335 e. The van der Waals surface area contributed by atoms with E-state index in [1.165, 1.54) is 22.5 Å². The Morgan fingerprint density at radius 2 is 2.05 bits per heavy atom. The molecule has 2 rings (SSSR count). The van der Waals surface area contributed by atoms with Crippen LogP contribution in [0.3, 0.4) is 0 Å². The van der Waals surface area contributed by atoms with Gasteiger partial charge in [-0.25, -0.2) is 13.2 Å². The first-order valence-corrected chi connectivity index (χ1v) is 9.01. The Morgan fingerprint density at radius 3 is 2.48 bits per heavy atom. The maximum Gasteiger partial charge on any atom is 0.335 e. The Kier molecular flexibility index (Phi) is 4.75. The molecular weight excluding hydrogens is 358 g/mol. The number of hydrogen-bond donors (Lipinski definition) is 1. The van der Waals surface area contributed by atoms with Gasteiger partial charge in [-0.05, 0) is 52.9 Å². The van der Waals surface area contributed by atoms with Crippen LogP contribution in [0.2, 0.25) is 0 Å². The summed E-state index contributed by atoms with van der Waals surface area (Å²) in [6.45, 7) is 4.43. The maximum absolute atomic E-state index is 12.8. The number of nitrogens with zero attached hydrogens (tertiary/aromatic N) is 1. The molecule has 1 fully saturated rings. The fraction of sp³-hybridized carbons (Fsp3) is 0.500. The van der Waals surface area contributed by atoms with Crippen molar-refractivity contribution in [3.63, 3.8) is 0 Å². The van der Waals surface area contributed by atoms with Crippen molar-refractivity contribution in [1.82, 2.24) is 4.31 Å². The molecule has 0 saturated heterocycles. The van der Waals surface area contributed by atoms with Gasteiger partial charge in [-0.2, -0.15) is 4.31 Å². The molecule has 0 amide bonds. The minimum atomic E-state index is -3.61. The summed E-state index contributed by atoms with van der Waals surface area (Å²) in [5.74, 6) is -0.849. The quantitative estimate of drug-likeness (QED) is 0.829. The number of aromatic carboxylic acids is 1. The lowest BCUT2D eigenvalue weighted by Gasteiger charge is -2.24. The van der Waals surface area contributed by atoms with Crippen LogP contribution in [0, 0.1) is 5.92 Å². The zero-order valence-corrected chi connectivity index (χ0v) is 14.3. The van der Waals surface area contributed by atoms with E-state index in [0.29, 0.717) is 6.54 Å². The van der Waals surface area contributed by atoms with E-state index in [-0.39, 0.29) is 26.9 Å². The van der Waals surface area contributed by atoms with Crippen molar-refractivity contribution in [2.75, 3.05) is 6.54 Å². The second-order valence-electron chi connectivity index (χ2n) is 5.65. The molecule has 0 aromatic heterocycles. The molecule has 0 spiro atoms. The molecule has 5 nitrogen and oxygen atoms in total. The van der Waals surface area contributed by atoms with E-state index in [9.17, 15) is 13.2 Å². The third-order valence-electron chi connectivity index (χ3n) is 3.26. The van der Waals surface area contributed by atoms with Crippen LogP contribution < -0.4 is 0 Å². The van der Waals surface area contributed by atoms with Gasteiger partial charge in [0.1, 0.15) is 0 Å². The first-order valence-electron chi connectivity index (χ1n) is 6.78. The van der Waals surface area contributed by atoms with Gasteiger partial charge in [0, 0.05) is 17.1 Å². The molecule has 0 atom stereocenters. The molecule has 7 heteroatoms. The Labute approximate surface area is 133 Å². The number of halogens is 1. The van der Waals surface area contributed by atoms with Crippen molar-refractivity contribution >= 4 is 31.9 Å². The SMILES string of the molecule is CC(C)CN(C1CC1)S(=O)(=O)c1ccc(C(=O)O)cc1Br. The van der Waals surface area contributed by atoms with Crippen LogP contribution in [0.1, 0.15) is 37.0 Å². The highest BCUT2D eigenvalue weighted by Crippen LogP contribution is 2.35. The highest BCUT2D eigenvalue weighted by atomic mass is 79.9. The number of carboxylic acids is 1. The Morgan fingerprint density at radius 1 is 1.43 bits per heavy atom. The van der Waals surface area contributed by atoms with Gasteiger partial charge in [0.05, 0.1) is 10.5 Å². The largest absolute Gasteiger partial charge is 0.478 e. The molecule has 1 N–H and O–H groups in total. The normalized spacial score (nSPS) is 15.7. The van der Waals surface area contributed by atoms with Crippen LogP contribution in [0.4, 0.5) is 0 Å². The van der Waals surface area contributed by atoms with E-state index >= 15 is 0 Å². The second-order valence-corrected chi connectivity index (χ2v) is 8.36. The Bertz CT molecular complexity index is 653. The van der Waals surface area contributed by atoms with Crippen molar-refractivity contribution in [1.29, 1.82) is 0 Å². The van der Waals surface area contributed by atoms with Gasteiger partial charge in [0.25, 0.3) is 0 Å². The molecule has 1 aliphatic carbocycles. The lowest BCUT2D eigenvalue weighted by atomic mass is 10.2. The van der Waals surface area contributed by atoms with Crippen LogP contribution in [-0.2, 0) is 10.0 Å².